The van der Waals surface area contributed by atoms with Crippen LogP contribution in [0.5, 0.6) is 11.5 Å². The molecule has 0 heterocycles. The highest BCUT2D eigenvalue weighted by molar-refractivity contribution is 7.92. The van der Waals surface area contributed by atoms with Gasteiger partial charge >= 0.3 is 0 Å². The third-order valence-electron chi connectivity index (χ3n) is 6.64. The van der Waals surface area contributed by atoms with Gasteiger partial charge in [0.25, 0.3) is 10.0 Å². The molecule has 1 N–H and O–H groups in total. The minimum absolute atomic E-state index is 0.0131. The molecule has 0 aliphatic rings. The summed E-state index contributed by atoms with van der Waals surface area (Å²) in [6.45, 7) is 6.84. The van der Waals surface area contributed by atoms with Crippen LogP contribution >= 0.6 is 11.6 Å². The summed E-state index contributed by atoms with van der Waals surface area (Å²) in [4.78, 5) is 28.8. The number of nitrogens with one attached hydrogen (secondary N) is 1. The standard InChI is InChI=1S/C31H38ClN3O6S/c1-7-28(31(37)33-21(2)3)34(19-23-10-13-25(40-5)14-11-23)30(36)20-35(24-12-17-29(41-6)27(32)18-24)42(38,39)26-15-8-22(4)9-16-26/h8-18,21,28H,7,19-20H2,1-6H3,(H,33,37)/t28-/m0/s1. The van der Waals surface area contributed by atoms with Crippen LogP contribution in [-0.2, 0) is 26.2 Å². The Morgan fingerprint density at radius 1 is 0.952 bits per heavy atom. The lowest BCUT2D eigenvalue weighted by molar-refractivity contribution is -0.140. The van der Waals surface area contributed by atoms with Gasteiger partial charge < -0.3 is 19.7 Å². The van der Waals surface area contributed by atoms with Crippen molar-refractivity contribution in [2.45, 2.75) is 57.6 Å². The number of anilines is 1. The quantitative estimate of drug-likeness (QED) is 0.284. The number of rotatable bonds is 13. The second kappa shape index (κ2) is 14.4. The molecule has 3 aromatic carbocycles. The fourth-order valence-corrected chi connectivity index (χ4v) is 6.06. The zero-order valence-corrected chi connectivity index (χ0v) is 26.3. The maximum Gasteiger partial charge on any atom is 0.264 e. The van der Waals surface area contributed by atoms with Gasteiger partial charge in [-0.05, 0) is 75.2 Å². The Hall–Kier alpha value is -3.76. The average Bonchev–Trinajstić information content (AvgIpc) is 2.95. The van der Waals surface area contributed by atoms with Crippen molar-refractivity contribution in [3.05, 3.63) is 82.9 Å². The maximum atomic E-state index is 14.1. The molecular formula is C31H38ClN3O6S. The third kappa shape index (κ3) is 7.95. The van der Waals surface area contributed by atoms with Gasteiger partial charge in [-0.25, -0.2) is 8.42 Å². The van der Waals surface area contributed by atoms with Gasteiger partial charge in [-0.1, -0.05) is 48.4 Å². The Kier molecular flexibility index (Phi) is 11.2. The van der Waals surface area contributed by atoms with Crippen molar-refractivity contribution in [2.24, 2.45) is 0 Å². The first-order valence-corrected chi connectivity index (χ1v) is 15.4. The smallest absolute Gasteiger partial charge is 0.264 e. The van der Waals surface area contributed by atoms with Gasteiger partial charge in [0.2, 0.25) is 11.8 Å². The molecule has 0 spiro atoms. The van der Waals surface area contributed by atoms with E-state index < -0.39 is 28.5 Å². The summed E-state index contributed by atoms with van der Waals surface area (Å²) in [5, 5.41) is 3.07. The Labute approximate surface area is 253 Å². The molecule has 0 aliphatic heterocycles. The predicted molar refractivity (Wildman–Crippen MR) is 165 cm³/mol. The van der Waals surface area contributed by atoms with Gasteiger partial charge in [0.1, 0.15) is 24.1 Å². The number of hydrogen-bond donors (Lipinski definition) is 1. The normalized spacial score (nSPS) is 12.0. The van der Waals surface area contributed by atoms with Crippen molar-refractivity contribution >= 4 is 39.1 Å². The van der Waals surface area contributed by atoms with Gasteiger partial charge in [0.15, 0.2) is 0 Å². The molecule has 226 valence electrons. The second-order valence-electron chi connectivity index (χ2n) is 10.1. The lowest BCUT2D eigenvalue weighted by atomic mass is 10.1. The van der Waals surface area contributed by atoms with Crippen LogP contribution < -0.4 is 19.1 Å². The van der Waals surface area contributed by atoms with Crippen molar-refractivity contribution in [3.63, 3.8) is 0 Å². The molecule has 0 unspecified atom stereocenters. The summed E-state index contributed by atoms with van der Waals surface area (Å²) in [7, 11) is -1.21. The number of aryl methyl sites for hydroxylation is 1. The summed E-state index contributed by atoms with van der Waals surface area (Å²) in [5.41, 5.74) is 1.82. The number of ether oxygens (including phenoxy) is 2. The van der Waals surface area contributed by atoms with Crippen LogP contribution in [0.4, 0.5) is 5.69 Å². The maximum absolute atomic E-state index is 14.1. The summed E-state index contributed by atoms with van der Waals surface area (Å²) >= 11 is 6.38. The topological polar surface area (TPSA) is 105 Å². The molecule has 3 aromatic rings. The number of methoxy groups -OCH3 is 2. The molecule has 1 atom stereocenters. The first-order chi connectivity index (χ1) is 19.9. The molecule has 0 radical (unpaired) electrons. The van der Waals surface area contributed by atoms with E-state index in [4.69, 9.17) is 21.1 Å². The van der Waals surface area contributed by atoms with Crippen LogP contribution in [0.1, 0.15) is 38.3 Å². The van der Waals surface area contributed by atoms with Crippen LogP contribution in [0.2, 0.25) is 5.02 Å². The lowest BCUT2D eigenvalue weighted by Gasteiger charge is -2.33. The Morgan fingerprint density at radius 2 is 1.60 bits per heavy atom. The first kappa shape index (κ1) is 32.8. The second-order valence-corrected chi connectivity index (χ2v) is 12.4. The molecule has 11 heteroatoms. The zero-order valence-electron chi connectivity index (χ0n) is 24.8. The highest BCUT2D eigenvalue weighted by Crippen LogP contribution is 2.32. The molecule has 42 heavy (non-hydrogen) atoms. The van der Waals surface area contributed by atoms with Crippen molar-refractivity contribution in [1.82, 2.24) is 10.2 Å². The third-order valence-corrected chi connectivity index (χ3v) is 8.72. The molecular weight excluding hydrogens is 578 g/mol. The fraction of sp³-hybridized carbons (Fsp3) is 0.355. The van der Waals surface area contributed by atoms with Crippen LogP contribution in [0.25, 0.3) is 0 Å². The van der Waals surface area contributed by atoms with E-state index in [0.717, 1.165) is 15.4 Å². The van der Waals surface area contributed by atoms with Gasteiger partial charge in [-0.15, -0.1) is 0 Å². The Balaban J connectivity index is 2.09. The molecule has 0 bridgehead atoms. The molecule has 3 rings (SSSR count). The minimum atomic E-state index is -4.22. The molecule has 0 fully saturated rings. The van der Waals surface area contributed by atoms with Crippen LogP contribution in [0.3, 0.4) is 0 Å². The summed E-state index contributed by atoms with van der Waals surface area (Å²) in [6, 6.07) is 17.0. The number of benzene rings is 3. The van der Waals surface area contributed by atoms with Gasteiger partial charge in [-0.2, -0.15) is 0 Å². The van der Waals surface area contributed by atoms with Crippen molar-refractivity contribution in [1.29, 1.82) is 0 Å². The zero-order chi connectivity index (χ0) is 31.0. The number of nitrogens with zero attached hydrogens (tertiary/aromatic N) is 2. The van der Waals surface area contributed by atoms with Crippen LogP contribution in [0, 0.1) is 6.92 Å². The van der Waals surface area contributed by atoms with Crippen molar-refractivity contribution in [2.75, 3.05) is 25.1 Å². The van der Waals surface area contributed by atoms with Gasteiger partial charge in [0.05, 0.1) is 29.8 Å². The largest absolute Gasteiger partial charge is 0.497 e. The molecule has 0 aromatic heterocycles. The number of halogens is 1. The number of sulfonamides is 1. The van der Waals surface area contributed by atoms with E-state index in [1.165, 1.54) is 36.3 Å². The first-order valence-electron chi connectivity index (χ1n) is 13.6. The number of carbonyl (C=O) groups excluding carboxylic acids is 2. The molecule has 9 nitrogen and oxygen atoms in total. The van der Waals surface area contributed by atoms with E-state index >= 15 is 0 Å². The van der Waals surface area contributed by atoms with E-state index in [2.05, 4.69) is 5.32 Å². The number of amides is 2. The molecule has 0 saturated carbocycles. The summed E-state index contributed by atoms with van der Waals surface area (Å²) < 4.78 is 39.5. The predicted octanol–water partition coefficient (Wildman–Crippen LogP) is 5.19. The minimum Gasteiger partial charge on any atom is -0.497 e. The van der Waals surface area contributed by atoms with E-state index in [1.54, 1.807) is 49.6 Å². The highest BCUT2D eigenvalue weighted by Gasteiger charge is 2.34. The van der Waals surface area contributed by atoms with Crippen LogP contribution in [-0.4, -0.2) is 58.0 Å². The fourth-order valence-electron chi connectivity index (χ4n) is 4.40. The van der Waals surface area contributed by atoms with Crippen LogP contribution in [0.15, 0.2) is 71.6 Å². The Morgan fingerprint density at radius 3 is 2.12 bits per heavy atom. The highest BCUT2D eigenvalue weighted by atomic mass is 35.5. The summed E-state index contributed by atoms with van der Waals surface area (Å²) in [5.74, 6) is 0.124. The SMILES string of the molecule is CC[C@@H](C(=O)NC(C)C)N(Cc1ccc(OC)cc1)C(=O)CN(c1ccc(OC)c(Cl)c1)S(=O)(=O)c1ccc(C)cc1. The molecule has 0 aliphatic carbocycles. The van der Waals surface area contributed by atoms with E-state index in [1.807, 2.05) is 27.7 Å². The van der Waals surface area contributed by atoms with Crippen molar-refractivity contribution < 1.29 is 27.5 Å². The number of hydrogen-bond acceptors (Lipinski definition) is 6. The van der Waals surface area contributed by atoms with Crippen molar-refractivity contribution in [3.8, 4) is 11.5 Å². The lowest BCUT2D eigenvalue weighted by Crippen LogP contribution is -2.53. The van der Waals surface area contributed by atoms with E-state index in [9.17, 15) is 18.0 Å². The molecule has 2 amide bonds. The van der Waals surface area contributed by atoms with E-state index in [-0.39, 0.29) is 34.1 Å². The van der Waals surface area contributed by atoms with Gasteiger partial charge in [-0.3, -0.25) is 13.9 Å². The average molecular weight is 616 g/mol. The Bertz CT molecular complexity index is 1480. The monoisotopic (exact) mass is 615 g/mol. The van der Waals surface area contributed by atoms with Gasteiger partial charge in [0, 0.05) is 12.6 Å². The molecule has 0 saturated heterocycles. The summed E-state index contributed by atoms with van der Waals surface area (Å²) in [6.07, 6.45) is 0.319. The van der Waals surface area contributed by atoms with E-state index in [0.29, 0.717) is 17.9 Å². The number of carbonyl (C=O) groups is 2.